The molecular weight excluding hydrogens is 326 g/mol. The molecule has 1 amide bonds. The normalized spacial score (nSPS) is 17.8. The topological polar surface area (TPSA) is 106 Å². The molecule has 0 bridgehead atoms. The van der Waals surface area contributed by atoms with E-state index in [9.17, 15) is 20.2 Å². The number of hydrogen-bond donors (Lipinski definition) is 0. The molecule has 0 N–H and O–H groups in total. The summed E-state index contributed by atoms with van der Waals surface area (Å²) < 4.78 is 10.6. The SMILES string of the molecule is CN(C(=O)/C=C/c1cc([N+](=O)[O-])cc2c1OCOC2)C1(C#N)CCC1. The van der Waals surface area contributed by atoms with Gasteiger partial charge in [0.2, 0.25) is 5.91 Å². The minimum absolute atomic E-state index is 0.0526. The Bertz CT molecular complexity index is 792. The van der Waals surface area contributed by atoms with Gasteiger partial charge in [-0.25, -0.2) is 0 Å². The maximum Gasteiger partial charge on any atom is 0.270 e. The van der Waals surface area contributed by atoms with E-state index < -0.39 is 10.5 Å². The van der Waals surface area contributed by atoms with Crippen molar-refractivity contribution >= 4 is 17.7 Å². The Morgan fingerprint density at radius 3 is 2.84 bits per heavy atom. The third-order valence-corrected chi connectivity index (χ3v) is 4.70. The van der Waals surface area contributed by atoms with Crippen molar-refractivity contribution in [3.05, 3.63) is 39.4 Å². The molecule has 0 spiro atoms. The van der Waals surface area contributed by atoms with Crippen LogP contribution in [0.3, 0.4) is 0 Å². The van der Waals surface area contributed by atoms with Crippen LogP contribution < -0.4 is 4.74 Å². The van der Waals surface area contributed by atoms with Crippen molar-refractivity contribution in [3.63, 3.8) is 0 Å². The quantitative estimate of drug-likeness (QED) is 0.472. The second-order valence-electron chi connectivity index (χ2n) is 6.12. The summed E-state index contributed by atoms with van der Waals surface area (Å²) in [6, 6.07) is 4.97. The number of hydrogen-bond acceptors (Lipinski definition) is 6. The van der Waals surface area contributed by atoms with Crippen LogP contribution in [-0.2, 0) is 16.1 Å². The molecular formula is C17H17N3O5. The zero-order chi connectivity index (χ0) is 18.0. The van der Waals surface area contributed by atoms with Crippen molar-refractivity contribution in [2.75, 3.05) is 13.8 Å². The molecule has 25 heavy (non-hydrogen) atoms. The predicted octanol–water partition coefficient (Wildman–Crippen LogP) is 2.38. The summed E-state index contributed by atoms with van der Waals surface area (Å²) in [4.78, 5) is 24.4. The van der Waals surface area contributed by atoms with Crippen molar-refractivity contribution < 1.29 is 19.2 Å². The highest BCUT2D eigenvalue weighted by Crippen LogP contribution is 2.37. The summed E-state index contributed by atoms with van der Waals surface area (Å²) in [5.41, 5.74) is 0.163. The van der Waals surface area contributed by atoms with Crippen molar-refractivity contribution in [2.24, 2.45) is 0 Å². The van der Waals surface area contributed by atoms with Gasteiger partial charge >= 0.3 is 0 Å². The van der Waals surface area contributed by atoms with Crippen molar-refractivity contribution in [1.82, 2.24) is 4.90 Å². The smallest absolute Gasteiger partial charge is 0.270 e. The van der Waals surface area contributed by atoms with Crippen LogP contribution in [0.5, 0.6) is 5.75 Å². The van der Waals surface area contributed by atoms with Crippen molar-refractivity contribution in [2.45, 2.75) is 31.4 Å². The highest BCUT2D eigenvalue weighted by atomic mass is 16.7. The minimum Gasteiger partial charge on any atom is -0.467 e. The maximum absolute atomic E-state index is 12.4. The summed E-state index contributed by atoms with van der Waals surface area (Å²) >= 11 is 0. The number of benzene rings is 1. The van der Waals surface area contributed by atoms with E-state index in [2.05, 4.69) is 6.07 Å². The molecule has 130 valence electrons. The van der Waals surface area contributed by atoms with Crippen LogP contribution in [-0.4, -0.2) is 35.1 Å². The lowest BCUT2D eigenvalue weighted by Gasteiger charge is -2.42. The molecule has 3 rings (SSSR count). The fourth-order valence-electron chi connectivity index (χ4n) is 2.98. The monoisotopic (exact) mass is 343 g/mol. The molecule has 1 aromatic carbocycles. The van der Waals surface area contributed by atoms with Gasteiger partial charge in [0, 0.05) is 36.4 Å². The lowest BCUT2D eigenvalue weighted by molar-refractivity contribution is -0.385. The molecule has 0 unspecified atom stereocenters. The number of ether oxygens (including phenoxy) is 2. The zero-order valence-electron chi connectivity index (χ0n) is 13.7. The summed E-state index contributed by atoms with van der Waals surface area (Å²) in [7, 11) is 1.60. The molecule has 1 saturated carbocycles. The standard InChI is InChI=1S/C17H17N3O5/c1-19(17(10-18)5-2-6-17)15(21)4-3-12-7-14(20(22)23)8-13-9-24-11-25-16(12)13/h3-4,7-8H,2,5-6,9,11H2,1H3/b4-3+. The minimum atomic E-state index is -0.742. The number of nitriles is 1. The van der Waals surface area contributed by atoms with E-state index in [4.69, 9.17) is 9.47 Å². The van der Waals surface area contributed by atoms with E-state index in [1.165, 1.54) is 29.2 Å². The largest absolute Gasteiger partial charge is 0.467 e. The molecule has 0 atom stereocenters. The van der Waals surface area contributed by atoms with Crippen LogP contribution in [0.25, 0.3) is 6.08 Å². The Morgan fingerprint density at radius 1 is 1.48 bits per heavy atom. The molecule has 1 aromatic rings. The summed E-state index contributed by atoms with van der Waals surface area (Å²) in [6.07, 6.45) is 5.04. The van der Waals surface area contributed by atoms with Gasteiger partial charge < -0.3 is 14.4 Å². The van der Waals surface area contributed by atoms with E-state index >= 15 is 0 Å². The average molecular weight is 343 g/mol. The number of non-ortho nitro benzene ring substituents is 1. The molecule has 1 aliphatic heterocycles. The van der Waals surface area contributed by atoms with Crippen molar-refractivity contribution in [3.8, 4) is 11.8 Å². The number of likely N-dealkylation sites (N-methyl/N-ethyl adjacent to an activating group) is 1. The average Bonchev–Trinajstić information content (AvgIpc) is 2.58. The zero-order valence-corrected chi connectivity index (χ0v) is 13.7. The maximum atomic E-state index is 12.4. The number of nitro benzene ring substituents is 1. The van der Waals surface area contributed by atoms with E-state index in [0.717, 1.165) is 6.42 Å². The number of carbonyl (C=O) groups excluding carboxylic acids is 1. The Hall–Kier alpha value is -2.92. The fourth-order valence-corrected chi connectivity index (χ4v) is 2.98. The van der Waals surface area contributed by atoms with Crippen molar-refractivity contribution in [1.29, 1.82) is 5.26 Å². The molecule has 0 radical (unpaired) electrons. The van der Waals surface area contributed by atoms with Crippen LogP contribution in [0.1, 0.15) is 30.4 Å². The first kappa shape index (κ1) is 16.9. The van der Waals surface area contributed by atoms with E-state index in [1.54, 1.807) is 7.05 Å². The lowest BCUT2D eigenvalue weighted by atomic mass is 9.76. The van der Waals surface area contributed by atoms with Gasteiger partial charge in [-0.05, 0) is 25.3 Å². The van der Waals surface area contributed by atoms with Crippen LogP contribution >= 0.6 is 0 Å². The Kier molecular flexibility index (Phi) is 4.42. The summed E-state index contributed by atoms with van der Waals surface area (Å²) in [5, 5.41) is 20.4. The first-order valence-electron chi connectivity index (χ1n) is 7.86. The molecule has 1 fully saturated rings. The van der Waals surface area contributed by atoms with Gasteiger partial charge in [-0.3, -0.25) is 14.9 Å². The molecule has 8 nitrogen and oxygen atoms in total. The van der Waals surface area contributed by atoms with Crippen LogP contribution in [0.15, 0.2) is 18.2 Å². The Morgan fingerprint density at radius 2 is 2.24 bits per heavy atom. The third-order valence-electron chi connectivity index (χ3n) is 4.70. The molecule has 1 aliphatic carbocycles. The van der Waals surface area contributed by atoms with Crippen LogP contribution in [0.4, 0.5) is 5.69 Å². The highest BCUT2D eigenvalue weighted by molar-refractivity contribution is 5.93. The molecule has 1 heterocycles. The first-order valence-corrected chi connectivity index (χ1v) is 7.86. The summed E-state index contributed by atoms with van der Waals surface area (Å²) in [6.45, 7) is 0.264. The first-order chi connectivity index (χ1) is 12.0. The number of amides is 1. The molecule has 2 aliphatic rings. The van der Waals surface area contributed by atoms with Gasteiger partial charge in [-0.15, -0.1) is 0 Å². The van der Waals surface area contributed by atoms with Gasteiger partial charge in [0.05, 0.1) is 17.6 Å². The van der Waals surface area contributed by atoms with Crippen LogP contribution in [0.2, 0.25) is 0 Å². The second kappa shape index (κ2) is 6.53. The number of nitrogens with zero attached hydrogens (tertiary/aromatic N) is 3. The predicted molar refractivity (Wildman–Crippen MR) is 87.4 cm³/mol. The van der Waals surface area contributed by atoms with Gasteiger partial charge in [-0.2, -0.15) is 5.26 Å². The van der Waals surface area contributed by atoms with Gasteiger partial charge in [0.15, 0.2) is 6.79 Å². The number of carbonyl (C=O) groups is 1. The number of rotatable bonds is 4. The van der Waals surface area contributed by atoms with E-state index in [-0.39, 0.29) is 25.0 Å². The second-order valence-corrected chi connectivity index (χ2v) is 6.12. The number of nitro groups is 1. The molecule has 0 saturated heterocycles. The molecule has 0 aromatic heterocycles. The van der Waals surface area contributed by atoms with E-state index in [0.29, 0.717) is 29.7 Å². The highest BCUT2D eigenvalue weighted by Gasteiger charge is 2.42. The Balaban J connectivity index is 1.88. The van der Waals surface area contributed by atoms with E-state index in [1.807, 2.05) is 0 Å². The fraction of sp³-hybridized carbons (Fsp3) is 0.412. The lowest BCUT2D eigenvalue weighted by Crippen LogP contribution is -2.52. The third kappa shape index (κ3) is 3.06. The molecule has 8 heteroatoms. The van der Waals surface area contributed by atoms with Gasteiger partial charge in [0.25, 0.3) is 5.69 Å². The van der Waals surface area contributed by atoms with Gasteiger partial charge in [-0.1, -0.05) is 0 Å². The summed E-state index contributed by atoms with van der Waals surface area (Å²) in [5.74, 6) is 0.149. The van der Waals surface area contributed by atoms with Crippen LogP contribution in [0, 0.1) is 21.4 Å². The number of fused-ring (bicyclic) bond motifs is 1. The Labute approximate surface area is 144 Å². The van der Waals surface area contributed by atoms with Gasteiger partial charge in [0.1, 0.15) is 11.3 Å².